The van der Waals surface area contributed by atoms with Gasteiger partial charge in [0.25, 0.3) is 0 Å². The SMILES string of the molecule is CCOC(=O)c1ccc(CO)c(C#N)c1OC(F)F. The number of benzene rings is 1. The van der Waals surface area contributed by atoms with E-state index in [9.17, 15) is 13.6 Å². The Labute approximate surface area is 108 Å². The van der Waals surface area contributed by atoms with Crippen molar-refractivity contribution in [2.24, 2.45) is 0 Å². The zero-order valence-corrected chi connectivity index (χ0v) is 10.0. The van der Waals surface area contributed by atoms with Gasteiger partial charge in [0.05, 0.1) is 13.2 Å². The third-order valence-electron chi connectivity index (χ3n) is 2.23. The first-order chi connectivity index (χ1) is 9.04. The first-order valence-corrected chi connectivity index (χ1v) is 5.33. The summed E-state index contributed by atoms with van der Waals surface area (Å²) < 4.78 is 33.6. The topological polar surface area (TPSA) is 79.5 Å². The summed E-state index contributed by atoms with van der Waals surface area (Å²) >= 11 is 0. The first-order valence-electron chi connectivity index (χ1n) is 5.33. The molecule has 102 valence electrons. The molecule has 19 heavy (non-hydrogen) atoms. The molecule has 0 radical (unpaired) electrons. The van der Waals surface area contributed by atoms with Crippen molar-refractivity contribution in [1.82, 2.24) is 0 Å². The second-order valence-electron chi connectivity index (χ2n) is 3.35. The zero-order chi connectivity index (χ0) is 14.4. The van der Waals surface area contributed by atoms with Gasteiger partial charge in [0.15, 0.2) is 5.75 Å². The van der Waals surface area contributed by atoms with Crippen LogP contribution in [-0.2, 0) is 11.3 Å². The Kier molecular flexibility index (Phi) is 5.21. The van der Waals surface area contributed by atoms with E-state index in [1.54, 1.807) is 13.0 Å². The van der Waals surface area contributed by atoms with E-state index < -0.39 is 24.9 Å². The highest BCUT2D eigenvalue weighted by Gasteiger charge is 2.22. The summed E-state index contributed by atoms with van der Waals surface area (Å²) in [5.74, 6) is -1.46. The number of halogens is 2. The van der Waals surface area contributed by atoms with Gasteiger partial charge in [-0.15, -0.1) is 0 Å². The van der Waals surface area contributed by atoms with Crippen LogP contribution in [0.1, 0.15) is 28.4 Å². The molecule has 0 bridgehead atoms. The summed E-state index contributed by atoms with van der Waals surface area (Å²) in [5, 5.41) is 18.0. The minimum Gasteiger partial charge on any atom is -0.462 e. The quantitative estimate of drug-likeness (QED) is 0.826. The second-order valence-corrected chi connectivity index (χ2v) is 3.35. The van der Waals surface area contributed by atoms with Gasteiger partial charge in [-0.25, -0.2) is 4.79 Å². The number of ether oxygens (including phenoxy) is 2. The van der Waals surface area contributed by atoms with Crippen LogP contribution in [-0.4, -0.2) is 24.3 Å². The molecular weight excluding hydrogens is 260 g/mol. The van der Waals surface area contributed by atoms with Crippen LogP contribution in [0.4, 0.5) is 8.78 Å². The maximum absolute atomic E-state index is 12.4. The highest BCUT2D eigenvalue weighted by Crippen LogP contribution is 2.29. The average molecular weight is 271 g/mol. The number of carbonyl (C=O) groups excluding carboxylic acids is 1. The minimum atomic E-state index is -3.20. The number of aliphatic hydroxyl groups is 1. The third kappa shape index (κ3) is 3.39. The molecule has 0 aliphatic heterocycles. The van der Waals surface area contributed by atoms with Gasteiger partial charge >= 0.3 is 12.6 Å². The Balaban J connectivity index is 3.38. The lowest BCUT2D eigenvalue weighted by Gasteiger charge is -2.13. The van der Waals surface area contributed by atoms with Gasteiger partial charge in [-0.05, 0) is 18.6 Å². The summed E-state index contributed by atoms with van der Waals surface area (Å²) in [7, 11) is 0. The van der Waals surface area contributed by atoms with Crippen LogP contribution in [0.3, 0.4) is 0 Å². The van der Waals surface area contributed by atoms with Crippen molar-refractivity contribution in [1.29, 1.82) is 5.26 Å². The highest BCUT2D eigenvalue weighted by atomic mass is 19.3. The molecule has 0 aliphatic carbocycles. The molecule has 0 spiro atoms. The fourth-order valence-corrected chi connectivity index (χ4v) is 1.46. The van der Waals surface area contributed by atoms with Crippen molar-refractivity contribution >= 4 is 5.97 Å². The first kappa shape index (κ1) is 14.9. The Morgan fingerprint density at radius 1 is 1.53 bits per heavy atom. The summed E-state index contributed by atoms with van der Waals surface area (Å²) in [6.45, 7) is -2.13. The van der Waals surface area contributed by atoms with Gasteiger partial charge in [0.2, 0.25) is 0 Å². The number of hydrogen-bond acceptors (Lipinski definition) is 5. The van der Waals surface area contributed by atoms with E-state index >= 15 is 0 Å². The van der Waals surface area contributed by atoms with Crippen molar-refractivity contribution in [2.45, 2.75) is 20.1 Å². The van der Waals surface area contributed by atoms with Gasteiger partial charge in [-0.3, -0.25) is 0 Å². The van der Waals surface area contributed by atoms with E-state index in [4.69, 9.17) is 10.4 Å². The van der Waals surface area contributed by atoms with Crippen molar-refractivity contribution < 1.29 is 28.2 Å². The largest absolute Gasteiger partial charge is 0.462 e. The minimum absolute atomic E-state index is 0.0522. The summed E-state index contributed by atoms with van der Waals surface area (Å²) in [5.41, 5.74) is -0.504. The third-order valence-corrected chi connectivity index (χ3v) is 2.23. The van der Waals surface area contributed by atoms with E-state index in [2.05, 4.69) is 9.47 Å². The van der Waals surface area contributed by atoms with Crippen molar-refractivity contribution in [3.05, 3.63) is 28.8 Å². The van der Waals surface area contributed by atoms with E-state index in [1.165, 1.54) is 12.1 Å². The molecule has 7 heteroatoms. The smallest absolute Gasteiger partial charge is 0.387 e. The Morgan fingerprint density at radius 2 is 2.21 bits per heavy atom. The molecule has 0 saturated heterocycles. The van der Waals surface area contributed by atoms with E-state index in [-0.39, 0.29) is 23.3 Å². The second kappa shape index (κ2) is 6.66. The number of alkyl halides is 2. The predicted molar refractivity (Wildman–Crippen MR) is 59.7 cm³/mol. The molecule has 0 saturated carbocycles. The number of nitriles is 1. The van der Waals surface area contributed by atoms with Crippen LogP contribution < -0.4 is 4.74 Å². The molecular formula is C12H11F2NO4. The molecule has 0 atom stereocenters. The molecule has 5 nitrogen and oxygen atoms in total. The summed E-state index contributed by atoms with van der Waals surface area (Å²) in [6, 6.07) is 4.08. The average Bonchev–Trinajstić information content (AvgIpc) is 2.37. The number of esters is 1. The molecule has 1 rings (SSSR count). The molecule has 0 fully saturated rings. The van der Waals surface area contributed by atoms with Crippen molar-refractivity contribution in [3.63, 3.8) is 0 Å². The lowest BCUT2D eigenvalue weighted by molar-refractivity contribution is -0.0507. The van der Waals surface area contributed by atoms with Gasteiger partial charge in [-0.2, -0.15) is 14.0 Å². The predicted octanol–water partition coefficient (Wildman–Crippen LogP) is 1.83. The van der Waals surface area contributed by atoms with Crippen molar-refractivity contribution in [2.75, 3.05) is 6.61 Å². The van der Waals surface area contributed by atoms with Crippen LogP contribution in [0.5, 0.6) is 5.75 Å². The van der Waals surface area contributed by atoms with Crippen LogP contribution >= 0.6 is 0 Å². The monoisotopic (exact) mass is 271 g/mol. The summed E-state index contributed by atoms with van der Waals surface area (Å²) in [6.07, 6.45) is 0. The number of nitrogens with zero attached hydrogens (tertiary/aromatic N) is 1. The number of aliphatic hydroxyl groups excluding tert-OH is 1. The van der Waals surface area contributed by atoms with Gasteiger partial charge in [0.1, 0.15) is 17.2 Å². The van der Waals surface area contributed by atoms with Gasteiger partial charge in [-0.1, -0.05) is 6.07 Å². The lowest BCUT2D eigenvalue weighted by Crippen LogP contribution is -2.13. The highest BCUT2D eigenvalue weighted by molar-refractivity contribution is 5.93. The number of rotatable bonds is 5. The molecule has 0 amide bonds. The molecule has 0 aromatic heterocycles. The van der Waals surface area contributed by atoms with Gasteiger partial charge in [0, 0.05) is 0 Å². The molecule has 0 unspecified atom stereocenters. The van der Waals surface area contributed by atoms with Crippen LogP contribution in [0, 0.1) is 11.3 Å². The fourth-order valence-electron chi connectivity index (χ4n) is 1.46. The standard InChI is InChI=1S/C12H11F2NO4/c1-2-18-11(17)8-4-3-7(6-16)9(5-15)10(8)19-12(13)14/h3-4,12,16H,2,6H2,1H3. The van der Waals surface area contributed by atoms with Gasteiger partial charge < -0.3 is 14.6 Å². The molecule has 1 N–H and O–H groups in total. The molecule has 0 heterocycles. The normalized spacial score (nSPS) is 10.1. The molecule has 0 aliphatic rings. The zero-order valence-electron chi connectivity index (χ0n) is 10.0. The van der Waals surface area contributed by atoms with E-state index in [0.29, 0.717) is 0 Å². The fraction of sp³-hybridized carbons (Fsp3) is 0.333. The maximum Gasteiger partial charge on any atom is 0.387 e. The Hall–Kier alpha value is -2.20. The Morgan fingerprint density at radius 3 is 2.68 bits per heavy atom. The number of hydrogen-bond donors (Lipinski definition) is 1. The van der Waals surface area contributed by atoms with Crippen LogP contribution in [0.2, 0.25) is 0 Å². The Bertz CT molecular complexity index is 511. The molecule has 1 aromatic carbocycles. The molecule has 1 aromatic rings. The van der Waals surface area contributed by atoms with Crippen LogP contribution in [0.15, 0.2) is 12.1 Å². The summed E-state index contributed by atoms with van der Waals surface area (Å²) in [4.78, 5) is 11.6. The maximum atomic E-state index is 12.4. The van der Waals surface area contributed by atoms with Crippen LogP contribution in [0.25, 0.3) is 0 Å². The van der Waals surface area contributed by atoms with E-state index in [0.717, 1.165) is 0 Å². The van der Waals surface area contributed by atoms with Crippen molar-refractivity contribution in [3.8, 4) is 11.8 Å². The van der Waals surface area contributed by atoms with E-state index in [1.807, 2.05) is 0 Å². The number of carbonyl (C=O) groups is 1. The lowest BCUT2D eigenvalue weighted by atomic mass is 10.0.